The minimum atomic E-state index is -0.194. The normalized spacial score (nSPS) is 13.2. The van der Waals surface area contributed by atoms with Gasteiger partial charge in [0.25, 0.3) is 0 Å². The Balaban J connectivity index is 1.11. The second-order valence-corrected chi connectivity index (χ2v) is 17.9. The zero-order chi connectivity index (χ0) is 43.0. The lowest BCUT2D eigenvalue weighted by Gasteiger charge is -2.22. The molecule has 10 aromatic carbocycles. The molecule has 0 saturated carbocycles. The van der Waals surface area contributed by atoms with Crippen LogP contribution in [0.1, 0.15) is 25.0 Å². The molecule has 1 aliphatic rings. The quantitative estimate of drug-likeness (QED) is 0.177. The van der Waals surface area contributed by atoms with Gasteiger partial charge in [-0.25, -0.2) is 4.98 Å². The van der Waals surface area contributed by atoms with Crippen molar-refractivity contribution in [1.82, 2.24) is 19.5 Å². The van der Waals surface area contributed by atoms with Crippen LogP contribution in [0.2, 0.25) is 0 Å². The Morgan fingerprint density at radius 3 is 1.80 bits per heavy atom. The molecule has 304 valence electrons. The van der Waals surface area contributed by atoms with Crippen molar-refractivity contribution in [2.75, 3.05) is 0 Å². The van der Waals surface area contributed by atoms with Gasteiger partial charge in [0.1, 0.15) is 11.2 Å². The predicted octanol–water partition coefficient (Wildman–Crippen LogP) is 15.6. The van der Waals surface area contributed by atoms with Gasteiger partial charge in [0, 0.05) is 49.0 Å². The lowest BCUT2D eigenvalue weighted by Crippen LogP contribution is -2.14. The molecular weight excluding hydrogens is 793 g/mol. The number of benzene rings is 10. The third-order valence-electron chi connectivity index (χ3n) is 14.0. The van der Waals surface area contributed by atoms with Crippen molar-refractivity contribution in [3.63, 3.8) is 0 Å². The molecule has 65 heavy (non-hydrogen) atoms. The Labute approximate surface area is 373 Å². The van der Waals surface area contributed by atoms with Gasteiger partial charge in [0.2, 0.25) is 5.95 Å². The first-order valence-corrected chi connectivity index (χ1v) is 22.3. The van der Waals surface area contributed by atoms with Crippen molar-refractivity contribution in [3.05, 3.63) is 205 Å². The third kappa shape index (κ3) is 5.18. The van der Waals surface area contributed by atoms with E-state index in [4.69, 9.17) is 19.4 Å². The number of aromatic nitrogens is 4. The summed E-state index contributed by atoms with van der Waals surface area (Å²) in [7, 11) is 0. The van der Waals surface area contributed by atoms with Crippen molar-refractivity contribution in [2.45, 2.75) is 19.3 Å². The fourth-order valence-electron chi connectivity index (χ4n) is 10.9. The van der Waals surface area contributed by atoms with Gasteiger partial charge in [0.05, 0.1) is 11.0 Å². The minimum Gasteiger partial charge on any atom is -0.456 e. The Morgan fingerprint density at radius 1 is 0.385 bits per heavy atom. The van der Waals surface area contributed by atoms with E-state index in [1.165, 1.54) is 38.6 Å². The van der Waals surface area contributed by atoms with Gasteiger partial charge in [-0.1, -0.05) is 184 Å². The summed E-state index contributed by atoms with van der Waals surface area (Å²) in [5.41, 5.74) is 12.9. The zero-order valence-electron chi connectivity index (χ0n) is 35.7. The number of furan rings is 1. The first kappa shape index (κ1) is 36.1. The van der Waals surface area contributed by atoms with Crippen LogP contribution in [-0.2, 0) is 5.41 Å². The third-order valence-corrected chi connectivity index (χ3v) is 14.0. The molecule has 1 aliphatic carbocycles. The highest BCUT2D eigenvalue weighted by Gasteiger charge is 2.38. The predicted molar refractivity (Wildman–Crippen MR) is 268 cm³/mol. The maximum absolute atomic E-state index is 6.43. The smallest absolute Gasteiger partial charge is 0.238 e. The van der Waals surface area contributed by atoms with Crippen LogP contribution in [0, 0.1) is 0 Å². The van der Waals surface area contributed by atoms with Gasteiger partial charge in [-0.3, -0.25) is 4.57 Å². The maximum Gasteiger partial charge on any atom is 0.238 e. The molecule has 14 rings (SSSR count). The molecule has 3 aromatic heterocycles. The molecule has 0 unspecified atom stereocenters. The molecule has 0 N–H and O–H groups in total. The minimum absolute atomic E-state index is 0.194. The summed E-state index contributed by atoms with van der Waals surface area (Å²) in [5, 5.41) is 11.5. The van der Waals surface area contributed by atoms with Gasteiger partial charge >= 0.3 is 0 Å². The number of para-hydroxylation sites is 2. The van der Waals surface area contributed by atoms with Crippen molar-refractivity contribution in [1.29, 1.82) is 0 Å². The highest BCUT2D eigenvalue weighted by Crippen LogP contribution is 2.55. The summed E-state index contributed by atoms with van der Waals surface area (Å²) in [4.78, 5) is 16.3. The molecule has 0 saturated heterocycles. The molecule has 5 nitrogen and oxygen atoms in total. The molecule has 0 aliphatic heterocycles. The van der Waals surface area contributed by atoms with Crippen LogP contribution < -0.4 is 0 Å². The van der Waals surface area contributed by atoms with Gasteiger partial charge < -0.3 is 4.42 Å². The maximum atomic E-state index is 6.43. The van der Waals surface area contributed by atoms with E-state index in [0.717, 1.165) is 82.0 Å². The topological polar surface area (TPSA) is 56.7 Å². The fourth-order valence-corrected chi connectivity index (χ4v) is 10.9. The van der Waals surface area contributed by atoms with E-state index in [1.54, 1.807) is 0 Å². The monoisotopic (exact) mass is 830 g/mol. The van der Waals surface area contributed by atoms with E-state index in [2.05, 4.69) is 200 Å². The standard InChI is InChI=1S/C60H38N4O/c1-60(2)49-23-12-20-45(54(49)53-41-17-7-5-14-36(41)29-32-50(53)60)46-21-11-22-47-48-31-27-37-15-6-8-18-42(37)55(48)64(56(46)47)59-62-57(39-26-25-35-13-3-4-16-38(35)33-39)61-58(63-59)40-28-30-44-43-19-9-10-24-51(43)65-52(44)34-40/h3-34H,1-2H3. The summed E-state index contributed by atoms with van der Waals surface area (Å²) in [6, 6.07) is 69.6. The molecule has 0 spiro atoms. The first-order valence-electron chi connectivity index (χ1n) is 22.3. The van der Waals surface area contributed by atoms with Crippen LogP contribution in [0.4, 0.5) is 0 Å². The van der Waals surface area contributed by atoms with Crippen LogP contribution in [0.25, 0.3) is 127 Å². The van der Waals surface area contributed by atoms with Gasteiger partial charge in [-0.2, -0.15) is 9.97 Å². The molecule has 3 heterocycles. The number of nitrogens with zero attached hydrogens (tertiary/aromatic N) is 4. The average molecular weight is 831 g/mol. The summed E-state index contributed by atoms with van der Waals surface area (Å²) < 4.78 is 8.76. The van der Waals surface area contributed by atoms with Gasteiger partial charge in [0.15, 0.2) is 11.6 Å². The molecular formula is C60H38N4O. The summed E-state index contributed by atoms with van der Waals surface area (Å²) in [6.07, 6.45) is 0. The lowest BCUT2D eigenvalue weighted by molar-refractivity contribution is 0.661. The molecule has 13 aromatic rings. The summed E-state index contributed by atoms with van der Waals surface area (Å²) in [5.74, 6) is 1.71. The molecule has 0 amide bonds. The van der Waals surface area contributed by atoms with Gasteiger partial charge in [-0.15, -0.1) is 0 Å². The highest BCUT2D eigenvalue weighted by molar-refractivity contribution is 6.22. The Morgan fingerprint density at radius 2 is 0.954 bits per heavy atom. The van der Waals surface area contributed by atoms with Crippen molar-refractivity contribution in [2.24, 2.45) is 0 Å². The average Bonchev–Trinajstić information content (AvgIpc) is 3.99. The second kappa shape index (κ2) is 13.3. The second-order valence-electron chi connectivity index (χ2n) is 17.9. The Kier molecular flexibility index (Phi) is 7.39. The summed E-state index contributed by atoms with van der Waals surface area (Å²) in [6.45, 7) is 4.73. The van der Waals surface area contributed by atoms with Crippen LogP contribution in [0.15, 0.2) is 199 Å². The van der Waals surface area contributed by atoms with Crippen LogP contribution >= 0.6 is 0 Å². The van der Waals surface area contributed by atoms with E-state index in [-0.39, 0.29) is 5.41 Å². The SMILES string of the molecule is CC1(C)c2cccc(-c3cccc4c5ccc6ccccc6c5n(-c5nc(-c6ccc7ccccc7c6)nc(-c6ccc7c(c6)oc6ccccc67)n5)c34)c2-c2c1ccc1ccccc21. The molecule has 0 radical (unpaired) electrons. The van der Waals surface area contributed by atoms with Crippen molar-refractivity contribution >= 4 is 76.1 Å². The lowest BCUT2D eigenvalue weighted by atomic mass is 9.81. The van der Waals surface area contributed by atoms with E-state index >= 15 is 0 Å². The van der Waals surface area contributed by atoms with Crippen molar-refractivity contribution < 1.29 is 4.42 Å². The number of hydrogen-bond acceptors (Lipinski definition) is 4. The van der Waals surface area contributed by atoms with E-state index in [1.807, 2.05) is 12.1 Å². The molecule has 0 atom stereocenters. The Bertz CT molecular complexity index is 4170. The van der Waals surface area contributed by atoms with Gasteiger partial charge in [-0.05, 0) is 79.0 Å². The first-order chi connectivity index (χ1) is 32.0. The largest absolute Gasteiger partial charge is 0.456 e. The fraction of sp³-hybridized carbons (Fsp3) is 0.0500. The van der Waals surface area contributed by atoms with E-state index in [9.17, 15) is 0 Å². The van der Waals surface area contributed by atoms with Crippen LogP contribution in [0.3, 0.4) is 0 Å². The molecule has 0 fully saturated rings. The van der Waals surface area contributed by atoms with E-state index in [0.29, 0.717) is 17.6 Å². The van der Waals surface area contributed by atoms with Crippen LogP contribution in [-0.4, -0.2) is 19.5 Å². The summed E-state index contributed by atoms with van der Waals surface area (Å²) >= 11 is 0. The number of rotatable bonds is 4. The zero-order valence-corrected chi connectivity index (χ0v) is 35.7. The highest BCUT2D eigenvalue weighted by atomic mass is 16.3. The Hall–Kier alpha value is -8.41. The van der Waals surface area contributed by atoms with E-state index < -0.39 is 0 Å². The molecule has 0 bridgehead atoms. The molecule has 5 heteroatoms. The number of fused-ring (bicyclic) bond motifs is 14. The van der Waals surface area contributed by atoms with Crippen LogP contribution in [0.5, 0.6) is 0 Å². The van der Waals surface area contributed by atoms with Crippen molar-refractivity contribution in [3.8, 4) is 51.0 Å². The number of hydrogen-bond donors (Lipinski definition) is 0.